The van der Waals surface area contributed by atoms with Gasteiger partial charge in [-0.1, -0.05) is 12.1 Å². The van der Waals surface area contributed by atoms with Crippen LogP contribution in [-0.2, 0) is 13.0 Å². The van der Waals surface area contributed by atoms with E-state index in [0.29, 0.717) is 0 Å². The molecule has 1 aliphatic heterocycles. The molecule has 0 amide bonds. The second-order valence-corrected chi connectivity index (χ2v) is 7.11. The maximum atomic E-state index is 6.08. The van der Waals surface area contributed by atoms with Crippen LogP contribution in [0.25, 0.3) is 10.9 Å². The van der Waals surface area contributed by atoms with Gasteiger partial charge in [0.1, 0.15) is 23.2 Å². The summed E-state index contributed by atoms with van der Waals surface area (Å²) < 4.78 is 11.5. The zero-order chi connectivity index (χ0) is 19.0. The van der Waals surface area contributed by atoms with Crippen molar-refractivity contribution in [2.24, 2.45) is 0 Å². The smallest absolute Gasteiger partial charge is 0.220 e. The first kappa shape index (κ1) is 17.7. The average molecular weight is 364 g/mol. The Balaban J connectivity index is 1.49. The fourth-order valence-corrected chi connectivity index (χ4v) is 3.78. The molecule has 0 N–H and O–H groups in total. The summed E-state index contributed by atoms with van der Waals surface area (Å²) in [4.78, 5) is 15.7. The van der Waals surface area contributed by atoms with Crippen LogP contribution in [-0.4, -0.2) is 46.7 Å². The summed E-state index contributed by atoms with van der Waals surface area (Å²) in [5.41, 5.74) is 4.29. The first-order valence-corrected chi connectivity index (χ1v) is 9.15. The van der Waals surface area contributed by atoms with Crippen molar-refractivity contribution < 1.29 is 9.47 Å². The molecule has 0 fully saturated rings. The Morgan fingerprint density at radius 3 is 2.89 bits per heavy atom. The second kappa shape index (κ2) is 7.12. The van der Waals surface area contributed by atoms with Crippen LogP contribution in [0.15, 0.2) is 30.5 Å². The standard InChI is InChI=1S/C21H24N4O2/c1-13-18-10-16(27-21(18)24-14(2)23-13)12-25(3)11-15-7-8-19(26-4)20-17(15)6-5-9-22-20/h5-9,16H,10-12H2,1-4H3/t16-/m0/s1. The van der Waals surface area contributed by atoms with Crippen LogP contribution in [0.2, 0.25) is 0 Å². The zero-order valence-electron chi connectivity index (χ0n) is 16.2. The van der Waals surface area contributed by atoms with Gasteiger partial charge in [-0.2, -0.15) is 4.98 Å². The highest BCUT2D eigenvalue weighted by Gasteiger charge is 2.27. The van der Waals surface area contributed by atoms with E-state index in [4.69, 9.17) is 9.47 Å². The Hall–Kier alpha value is -2.73. The van der Waals surface area contributed by atoms with E-state index in [1.807, 2.05) is 26.0 Å². The van der Waals surface area contributed by atoms with E-state index < -0.39 is 0 Å². The molecule has 1 atom stereocenters. The number of hydrogen-bond donors (Lipinski definition) is 0. The number of aryl methyl sites for hydroxylation is 2. The van der Waals surface area contributed by atoms with Crippen molar-refractivity contribution in [3.63, 3.8) is 0 Å². The molecule has 0 unspecified atom stereocenters. The maximum Gasteiger partial charge on any atom is 0.220 e. The molecule has 0 bridgehead atoms. The minimum absolute atomic E-state index is 0.0995. The Kier molecular flexibility index (Phi) is 4.66. The van der Waals surface area contributed by atoms with Crippen LogP contribution in [0.4, 0.5) is 0 Å². The van der Waals surface area contributed by atoms with E-state index >= 15 is 0 Å². The molecule has 3 aromatic rings. The van der Waals surface area contributed by atoms with Gasteiger partial charge < -0.3 is 9.47 Å². The van der Waals surface area contributed by atoms with Crippen molar-refractivity contribution in [2.75, 3.05) is 20.7 Å². The molecule has 140 valence electrons. The Morgan fingerprint density at radius 2 is 2.07 bits per heavy atom. The first-order chi connectivity index (χ1) is 13.0. The number of ether oxygens (including phenoxy) is 2. The van der Waals surface area contributed by atoms with Crippen LogP contribution in [0, 0.1) is 13.8 Å². The van der Waals surface area contributed by atoms with Crippen molar-refractivity contribution in [3.05, 3.63) is 53.1 Å². The van der Waals surface area contributed by atoms with Crippen LogP contribution < -0.4 is 9.47 Å². The highest BCUT2D eigenvalue weighted by molar-refractivity contribution is 5.87. The Labute approximate surface area is 159 Å². The van der Waals surface area contributed by atoms with Crippen LogP contribution in [0.1, 0.15) is 22.6 Å². The van der Waals surface area contributed by atoms with Crippen molar-refractivity contribution in [3.8, 4) is 11.6 Å². The van der Waals surface area contributed by atoms with Gasteiger partial charge in [0.2, 0.25) is 5.88 Å². The number of benzene rings is 1. The number of hydrogen-bond acceptors (Lipinski definition) is 6. The summed E-state index contributed by atoms with van der Waals surface area (Å²) in [5.74, 6) is 2.31. The number of nitrogens with zero attached hydrogens (tertiary/aromatic N) is 4. The first-order valence-electron chi connectivity index (χ1n) is 9.15. The summed E-state index contributed by atoms with van der Waals surface area (Å²) in [5, 5.41) is 1.12. The Bertz CT molecular complexity index is 989. The minimum Gasteiger partial charge on any atom is -0.494 e. The van der Waals surface area contributed by atoms with E-state index in [0.717, 1.165) is 59.1 Å². The molecule has 0 radical (unpaired) electrons. The predicted octanol–water partition coefficient (Wildman–Crippen LogP) is 3.09. The summed E-state index contributed by atoms with van der Waals surface area (Å²) in [6.07, 6.45) is 2.76. The van der Waals surface area contributed by atoms with Gasteiger partial charge in [-0.05, 0) is 38.6 Å². The van der Waals surface area contributed by atoms with E-state index in [2.05, 4.69) is 39.0 Å². The highest BCUT2D eigenvalue weighted by Crippen LogP contribution is 2.30. The molecule has 2 aromatic heterocycles. The van der Waals surface area contributed by atoms with E-state index in [1.165, 1.54) is 5.56 Å². The fraction of sp³-hybridized carbons (Fsp3) is 0.381. The lowest BCUT2D eigenvalue weighted by Gasteiger charge is -2.21. The molecular weight excluding hydrogens is 340 g/mol. The van der Waals surface area contributed by atoms with Crippen LogP contribution >= 0.6 is 0 Å². The van der Waals surface area contributed by atoms with Gasteiger partial charge in [0.25, 0.3) is 0 Å². The number of rotatable bonds is 5. The molecule has 6 heteroatoms. The lowest BCUT2D eigenvalue weighted by molar-refractivity contribution is 0.161. The van der Waals surface area contributed by atoms with Crippen LogP contribution in [0.3, 0.4) is 0 Å². The van der Waals surface area contributed by atoms with Crippen molar-refractivity contribution >= 4 is 10.9 Å². The van der Waals surface area contributed by atoms with Crippen molar-refractivity contribution in [2.45, 2.75) is 32.9 Å². The average Bonchev–Trinajstić information content (AvgIpc) is 3.04. The van der Waals surface area contributed by atoms with Gasteiger partial charge in [-0.3, -0.25) is 9.88 Å². The molecule has 4 rings (SSSR count). The number of methoxy groups -OCH3 is 1. The lowest BCUT2D eigenvalue weighted by atomic mass is 10.1. The van der Waals surface area contributed by atoms with Gasteiger partial charge >= 0.3 is 0 Å². The molecule has 3 heterocycles. The number of fused-ring (bicyclic) bond motifs is 2. The molecule has 6 nitrogen and oxygen atoms in total. The summed E-state index contributed by atoms with van der Waals surface area (Å²) >= 11 is 0. The summed E-state index contributed by atoms with van der Waals surface area (Å²) in [7, 11) is 3.79. The third kappa shape index (κ3) is 3.45. The Morgan fingerprint density at radius 1 is 1.22 bits per heavy atom. The van der Waals surface area contributed by atoms with Gasteiger partial charge in [0.05, 0.1) is 7.11 Å². The molecular formula is C21H24N4O2. The van der Waals surface area contributed by atoms with E-state index in [-0.39, 0.29) is 6.10 Å². The number of likely N-dealkylation sites (N-methyl/N-ethyl adjacent to an activating group) is 1. The summed E-state index contributed by atoms with van der Waals surface area (Å²) in [6, 6.07) is 8.16. The SMILES string of the molecule is COc1ccc(CN(C)C[C@@H]2Cc3c(C)nc(C)nc3O2)c2cccnc12. The number of aromatic nitrogens is 3. The topological polar surface area (TPSA) is 60.4 Å². The molecule has 27 heavy (non-hydrogen) atoms. The van der Waals surface area contributed by atoms with Gasteiger partial charge in [0, 0.05) is 42.4 Å². The fourth-order valence-electron chi connectivity index (χ4n) is 3.78. The monoisotopic (exact) mass is 364 g/mol. The third-order valence-electron chi connectivity index (χ3n) is 5.00. The quantitative estimate of drug-likeness (QED) is 0.693. The van der Waals surface area contributed by atoms with Gasteiger partial charge in [0.15, 0.2) is 0 Å². The minimum atomic E-state index is 0.0995. The van der Waals surface area contributed by atoms with Crippen molar-refractivity contribution in [1.29, 1.82) is 0 Å². The third-order valence-corrected chi connectivity index (χ3v) is 5.00. The lowest BCUT2D eigenvalue weighted by Crippen LogP contribution is -2.31. The molecule has 1 aliphatic rings. The predicted molar refractivity (Wildman–Crippen MR) is 104 cm³/mol. The molecule has 0 aliphatic carbocycles. The molecule has 0 spiro atoms. The van der Waals surface area contributed by atoms with Crippen LogP contribution in [0.5, 0.6) is 11.6 Å². The summed E-state index contributed by atoms with van der Waals surface area (Å²) in [6.45, 7) is 5.56. The number of pyridine rings is 1. The van der Waals surface area contributed by atoms with E-state index in [9.17, 15) is 0 Å². The van der Waals surface area contributed by atoms with Gasteiger partial charge in [-0.25, -0.2) is 4.98 Å². The maximum absolute atomic E-state index is 6.08. The molecule has 1 aromatic carbocycles. The highest BCUT2D eigenvalue weighted by atomic mass is 16.5. The van der Waals surface area contributed by atoms with E-state index in [1.54, 1.807) is 13.3 Å². The van der Waals surface area contributed by atoms with Crippen molar-refractivity contribution in [1.82, 2.24) is 19.9 Å². The largest absolute Gasteiger partial charge is 0.494 e. The molecule has 0 saturated heterocycles. The normalized spacial score (nSPS) is 15.8. The molecule has 0 saturated carbocycles. The van der Waals surface area contributed by atoms with Gasteiger partial charge in [-0.15, -0.1) is 0 Å². The second-order valence-electron chi connectivity index (χ2n) is 7.11. The zero-order valence-corrected chi connectivity index (χ0v) is 16.2.